The number of halogens is 1. The highest BCUT2D eigenvalue weighted by molar-refractivity contribution is 9.10. The lowest BCUT2D eigenvalue weighted by molar-refractivity contribution is -0.140. The Hall–Kier alpha value is -1.56. The van der Waals surface area contributed by atoms with E-state index in [4.69, 9.17) is 0 Å². The predicted molar refractivity (Wildman–Crippen MR) is 71.4 cm³/mol. The average Bonchev–Trinajstić information content (AvgIpc) is 2.35. The molecule has 96 valence electrons. The fourth-order valence-electron chi connectivity index (χ4n) is 1.79. The molecule has 1 aromatic rings. The zero-order valence-electron chi connectivity index (χ0n) is 9.83. The zero-order chi connectivity index (χ0) is 13.1. The number of rotatable bonds is 3. The summed E-state index contributed by atoms with van der Waals surface area (Å²) in [6.07, 6.45) is 0.626. The number of anilines is 2. The molecule has 1 heterocycles. The van der Waals surface area contributed by atoms with Crippen molar-refractivity contribution in [2.24, 2.45) is 0 Å². The van der Waals surface area contributed by atoms with Gasteiger partial charge >= 0.3 is 5.97 Å². The van der Waals surface area contributed by atoms with Gasteiger partial charge in [-0.1, -0.05) is 15.9 Å². The van der Waals surface area contributed by atoms with Crippen molar-refractivity contribution in [2.45, 2.75) is 18.9 Å². The van der Waals surface area contributed by atoms with E-state index in [1.807, 2.05) is 18.2 Å². The van der Waals surface area contributed by atoms with Crippen LogP contribution < -0.4 is 10.6 Å². The van der Waals surface area contributed by atoms with Crippen molar-refractivity contribution in [3.8, 4) is 0 Å². The molecule has 0 saturated heterocycles. The van der Waals surface area contributed by atoms with Gasteiger partial charge in [-0.3, -0.25) is 9.59 Å². The van der Waals surface area contributed by atoms with Crippen LogP contribution in [0.5, 0.6) is 0 Å². The van der Waals surface area contributed by atoms with Gasteiger partial charge in [0.15, 0.2) is 0 Å². The molecule has 5 nitrogen and oxygen atoms in total. The van der Waals surface area contributed by atoms with Gasteiger partial charge in [0.2, 0.25) is 5.91 Å². The van der Waals surface area contributed by atoms with E-state index in [0.717, 1.165) is 15.8 Å². The van der Waals surface area contributed by atoms with Crippen LogP contribution >= 0.6 is 15.9 Å². The van der Waals surface area contributed by atoms with Crippen LogP contribution in [0.25, 0.3) is 0 Å². The summed E-state index contributed by atoms with van der Waals surface area (Å²) in [4.78, 5) is 22.9. The molecule has 0 saturated carbocycles. The van der Waals surface area contributed by atoms with Crippen LogP contribution in [0.1, 0.15) is 12.8 Å². The smallest absolute Gasteiger partial charge is 0.305 e. The third-order valence-electron chi connectivity index (χ3n) is 2.75. The number of methoxy groups -OCH3 is 1. The molecule has 2 N–H and O–H groups in total. The first-order chi connectivity index (χ1) is 8.60. The third-order valence-corrected chi connectivity index (χ3v) is 3.24. The Morgan fingerprint density at radius 1 is 1.44 bits per heavy atom. The minimum atomic E-state index is -0.405. The number of hydrogen-bond acceptors (Lipinski definition) is 4. The van der Waals surface area contributed by atoms with Crippen LogP contribution in [0, 0.1) is 0 Å². The first kappa shape index (κ1) is 12.9. The van der Waals surface area contributed by atoms with Crippen molar-refractivity contribution in [1.29, 1.82) is 0 Å². The van der Waals surface area contributed by atoms with Crippen molar-refractivity contribution < 1.29 is 14.3 Å². The molecule has 0 radical (unpaired) electrons. The van der Waals surface area contributed by atoms with Crippen LogP contribution in [0.2, 0.25) is 0 Å². The summed E-state index contributed by atoms with van der Waals surface area (Å²) in [7, 11) is 1.34. The Labute approximate surface area is 113 Å². The second-order valence-corrected chi connectivity index (χ2v) is 4.91. The number of benzene rings is 1. The van der Waals surface area contributed by atoms with E-state index in [1.165, 1.54) is 7.11 Å². The number of ether oxygens (including phenoxy) is 1. The van der Waals surface area contributed by atoms with E-state index in [9.17, 15) is 9.59 Å². The molecule has 1 aliphatic heterocycles. The van der Waals surface area contributed by atoms with Gasteiger partial charge in [-0.2, -0.15) is 0 Å². The first-order valence-electron chi connectivity index (χ1n) is 5.54. The molecule has 0 aromatic heterocycles. The molecule has 0 unspecified atom stereocenters. The molecule has 1 amide bonds. The lowest BCUT2D eigenvalue weighted by Crippen LogP contribution is -2.39. The minimum Gasteiger partial charge on any atom is -0.469 e. The number of hydrogen-bond donors (Lipinski definition) is 2. The third kappa shape index (κ3) is 2.81. The van der Waals surface area contributed by atoms with Gasteiger partial charge in [0.1, 0.15) is 6.04 Å². The lowest BCUT2D eigenvalue weighted by Gasteiger charge is -2.26. The predicted octanol–water partition coefficient (Wildman–Crippen LogP) is 2.13. The van der Waals surface area contributed by atoms with E-state index < -0.39 is 6.04 Å². The minimum absolute atomic E-state index is 0.135. The first-order valence-corrected chi connectivity index (χ1v) is 6.33. The molecular formula is C12H13BrN2O3. The monoisotopic (exact) mass is 312 g/mol. The van der Waals surface area contributed by atoms with Crippen molar-refractivity contribution in [3.63, 3.8) is 0 Å². The molecule has 6 heteroatoms. The summed E-state index contributed by atoms with van der Waals surface area (Å²) >= 11 is 3.34. The molecule has 18 heavy (non-hydrogen) atoms. The van der Waals surface area contributed by atoms with Crippen LogP contribution in [0.4, 0.5) is 11.4 Å². The Bertz CT molecular complexity index is 490. The van der Waals surface area contributed by atoms with Gasteiger partial charge in [-0.15, -0.1) is 0 Å². The number of nitrogens with one attached hydrogen (secondary N) is 2. The van der Waals surface area contributed by atoms with Gasteiger partial charge in [-0.05, 0) is 24.6 Å². The van der Waals surface area contributed by atoms with Gasteiger partial charge in [0.25, 0.3) is 0 Å². The molecule has 1 aromatic carbocycles. The average molecular weight is 313 g/mol. The normalized spacial score (nSPS) is 17.4. The second kappa shape index (κ2) is 5.39. The van der Waals surface area contributed by atoms with Gasteiger partial charge in [0.05, 0.1) is 18.5 Å². The highest BCUT2D eigenvalue weighted by Gasteiger charge is 2.25. The van der Waals surface area contributed by atoms with E-state index in [-0.39, 0.29) is 18.3 Å². The molecule has 1 aliphatic rings. The molecule has 0 aliphatic carbocycles. The molecular weight excluding hydrogens is 300 g/mol. The summed E-state index contributed by atoms with van der Waals surface area (Å²) in [6.45, 7) is 0. The van der Waals surface area contributed by atoms with Crippen molar-refractivity contribution in [2.75, 3.05) is 17.7 Å². The maximum Gasteiger partial charge on any atom is 0.305 e. The van der Waals surface area contributed by atoms with E-state index in [1.54, 1.807) is 0 Å². The largest absolute Gasteiger partial charge is 0.469 e. The maximum atomic E-state index is 11.8. The SMILES string of the molecule is COC(=O)CC[C@@H]1Nc2ccc(Br)cc2NC1=O. The van der Waals surface area contributed by atoms with Crippen LogP contribution in [-0.2, 0) is 14.3 Å². The highest BCUT2D eigenvalue weighted by atomic mass is 79.9. The summed E-state index contributed by atoms with van der Waals surface area (Å²) in [5.74, 6) is -0.448. The van der Waals surface area contributed by atoms with Crippen LogP contribution in [0.15, 0.2) is 22.7 Å². The summed E-state index contributed by atoms with van der Waals surface area (Å²) < 4.78 is 5.46. The van der Waals surface area contributed by atoms with Gasteiger partial charge < -0.3 is 15.4 Å². The van der Waals surface area contributed by atoms with Crippen molar-refractivity contribution in [1.82, 2.24) is 0 Å². The number of fused-ring (bicyclic) bond motifs is 1. The Kier molecular flexibility index (Phi) is 3.86. The Morgan fingerprint density at radius 2 is 2.22 bits per heavy atom. The Balaban J connectivity index is 2.06. The quantitative estimate of drug-likeness (QED) is 0.839. The van der Waals surface area contributed by atoms with Crippen molar-refractivity contribution >= 4 is 39.2 Å². The number of amides is 1. The van der Waals surface area contributed by atoms with E-state index >= 15 is 0 Å². The standard InChI is InChI=1S/C12H13BrN2O3/c1-18-11(16)5-4-9-12(17)15-10-6-7(13)2-3-8(10)14-9/h2-3,6,9,14H,4-5H2,1H3,(H,15,17)/t9-/m0/s1. The van der Waals surface area contributed by atoms with Gasteiger partial charge in [0, 0.05) is 10.9 Å². The number of esters is 1. The van der Waals surface area contributed by atoms with Crippen LogP contribution in [0.3, 0.4) is 0 Å². The second-order valence-electron chi connectivity index (χ2n) is 3.99. The summed E-state index contributed by atoms with van der Waals surface area (Å²) in [5, 5.41) is 5.92. The fraction of sp³-hybridized carbons (Fsp3) is 0.333. The fourth-order valence-corrected chi connectivity index (χ4v) is 2.15. The maximum absolute atomic E-state index is 11.8. The van der Waals surface area contributed by atoms with Gasteiger partial charge in [-0.25, -0.2) is 0 Å². The Morgan fingerprint density at radius 3 is 2.94 bits per heavy atom. The molecule has 2 rings (SSSR count). The molecule has 0 spiro atoms. The highest BCUT2D eigenvalue weighted by Crippen LogP contribution is 2.30. The lowest BCUT2D eigenvalue weighted by atomic mass is 10.1. The number of carbonyl (C=O) groups excluding carboxylic acids is 2. The molecule has 0 bridgehead atoms. The number of carbonyl (C=O) groups is 2. The summed E-state index contributed by atoms with van der Waals surface area (Å²) in [6, 6.07) is 5.19. The molecule has 0 fully saturated rings. The zero-order valence-corrected chi connectivity index (χ0v) is 11.4. The van der Waals surface area contributed by atoms with E-state index in [2.05, 4.69) is 31.3 Å². The van der Waals surface area contributed by atoms with Crippen molar-refractivity contribution in [3.05, 3.63) is 22.7 Å². The molecule has 1 atom stereocenters. The topological polar surface area (TPSA) is 67.4 Å². The van der Waals surface area contributed by atoms with Crippen LogP contribution in [-0.4, -0.2) is 25.0 Å². The summed E-state index contributed by atoms with van der Waals surface area (Å²) in [5.41, 5.74) is 1.59. The van der Waals surface area contributed by atoms with E-state index in [0.29, 0.717) is 6.42 Å².